The zero-order valence-corrected chi connectivity index (χ0v) is 10.1. The van der Waals surface area contributed by atoms with E-state index < -0.39 is 0 Å². The lowest BCUT2D eigenvalue weighted by Crippen LogP contribution is -2.32. The lowest BCUT2D eigenvalue weighted by Gasteiger charge is -2.11. The highest BCUT2D eigenvalue weighted by Crippen LogP contribution is 2.19. The third-order valence-electron chi connectivity index (χ3n) is 3.83. The summed E-state index contributed by atoms with van der Waals surface area (Å²) in [6.45, 7) is 1.01. The number of fused-ring (bicyclic) bond motifs is 1. The number of rotatable bonds is 2. The van der Waals surface area contributed by atoms with Crippen LogP contribution in [0.4, 0.5) is 0 Å². The number of aryl methyl sites for hydroxylation is 2. The van der Waals surface area contributed by atoms with E-state index in [0.717, 1.165) is 31.6 Å². The van der Waals surface area contributed by atoms with Crippen LogP contribution in [0, 0.1) is 0 Å². The summed E-state index contributed by atoms with van der Waals surface area (Å²) in [7, 11) is 0. The van der Waals surface area contributed by atoms with E-state index in [1.54, 1.807) is 0 Å². The second-order valence-corrected chi connectivity index (χ2v) is 5.15. The van der Waals surface area contributed by atoms with Crippen LogP contribution in [0.5, 0.6) is 0 Å². The van der Waals surface area contributed by atoms with Crippen molar-refractivity contribution in [3.05, 3.63) is 17.7 Å². The molecule has 4 nitrogen and oxygen atoms in total. The Bertz CT molecular complexity index is 395. The van der Waals surface area contributed by atoms with E-state index in [2.05, 4.69) is 14.9 Å². The standard InChI is InChI=1S/C13H19N3O/c17-13(14-10-5-1-2-6-10)11-9-16-8-4-3-7-12(16)15-11/h9-10H,1-8H2,(H,14,17). The molecule has 1 amide bonds. The summed E-state index contributed by atoms with van der Waals surface area (Å²) in [5.74, 6) is 1.09. The average molecular weight is 233 g/mol. The van der Waals surface area contributed by atoms with Crippen LogP contribution >= 0.6 is 0 Å². The molecule has 0 atom stereocenters. The van der Waals surface area contributed by atoms with Crippen LogP contribution in [0.1, 0.15) is 54.8 Å². The maximum Gasteiger partial charge on any atom is 0.271 e. The van der Waals surface area contributed by atoms with Crippen LogP contribution in [0.2, 0.25) is 0 Å². The lowest BCUT2D eigenvalue weighted by molar-refractivity contribution is 0.0933. The van der Waals surface area contributed by atoms with Gasteiger partial charge in [-0.3, -0.25) is 4.79 Å². The molecular formula is C13H19N3O. The summed E-state index contributed by atoms with van der Waals surface area (Å²) < 4.78 is 2.13. The molecule has 2 aliphatic rings. The molecule has 2 heterocycles. The zero-order chi connectivity index (χ0) is 11.7. The fourth-order valence-corrected chi connectivity index (χ4v) is 2.85. The van der Waals surface area contributed by atoms with Crippen molar-refractivity contribution in [1.82, 2.24) is 14.9 Å². The fraction of sp³-hybridized carbons (Fsp3) is 0.692. The monoisotopic (exact) mass is 233 g/mol. The number of nitrogens with one attached hydrogen (secondary N) is 1. The highest BCUT2D eigenvalue weighted by atomic mass is 16.2. The molecule has 0 unspecified atom stereocenters. The third kappa shape index (κ3) is 2.21. The Balaban J connectivity index is 1.70. The first-order valence-corrected chi connectivity index (χ1v) is 6.70. The van der Waals surface area contributed by atoms with Gasteiger partial charge < -0.3 is 9.88 Å². The van der Waals surface area contributed by atoms with Crippen molar-refractivity contribution in [2.75, 3.05) is 0 Å². The Morgan fingerprint density at radius 1 is 1.29 bits per heavy atom. The van der Waals surface area contributed by atoms with Gasteiger partial charge in [-0.1, -0.05) is 12.8 Å². The lowest BCUT2D eigenvalue weighted by atomic mass is 10.2. The number of imidazole rings is 1. The van der Waals surface area contributed by atoms with Crippen LogP contribution in [-0.2, 0) is 13.0 Å². The predicted octanol–water partition coefficient (Wildman–Crippen LogP) is 1.89. The molecule has 0 saturated heterocycles. The Labute approximate surface area is 101 Å². The molecule has 0 radical (unpaired) electrons. The van der Waals surface area contributed by atoms with E-state index in [9.17, 15) is 4.79 Å². The van der Waals surface area contributed by atoms with E-state index in [1.165, 1.54) is 25.7 Å². The molecule has 1 aromatic heterocycles. The van der Waals surface area contributed by atoms with Crippen molar-refractivity contribution in [3.63, 3.8) is 0 Å². The number of hydrogen-bond donors (Lipinski definition) is 1. The number of aromatic nitrogens is 2. The van der Waals surface area contributed by atoms with Crippen molar-refractivity contribution in [2.24, 2.45) is 0 Å². The molecule has 0 spiro atoms. The van der Waals surface area contributed by atoms with Gasteiger partial charge in [0.25, 0.3) is 5.91 Å². The van der Waals surface area contributed by atoms with Gasteiger partial charge in [-0.15, -0.1) is 0 Å². The quantitative estimate of drug-likeness (QED) is 0.848. The molecule has 0 aromatic carbocycles. The summed E-state index contributed by atoms with van der Waals surface area (Å²) in [6.07, 6.45) is 10.1. The molecule has 92 valence electrons. The minimum absolute atomic E-state index is 0.0128. The van der Waals surface area contributed by atoms with Crippen LogP contribution in [0.3, 0.4) is 0 Å². The molecule has 1 aromatic rings. The molecule has 0 bridgehead atoms. The number of hydrogen-bond acceptors (Lipinski definition) is 2. The molecule has 1 aliphatic carbocycles. The SMILES string of the molecule is O=C(NC1CCCC1)c1cn2c(n1)CCCC2. The van der Waals surface area contributed by atoms with Gasteiger partial charge in [0, 0.05) is 25.2 Å². The minimum atomic E-state index is 0.0128. The highest BCUT2D eigenvalue weighted by Gasteiger charge is 2.21. The topological polar surface area (TPSA) is 46.9 Å². The van der Waals surface area contributed by atoms with Crippen LogP contribution in [0.25, 0.3) is 0 Å². The highest BCUT2D eigenvalue weighted by molar-refractivity contribution is 5.92. The van der Waals surface area contributed by atoms with Gasteiger partial charge >= 0.3 is 0 Å². The largest absolute Gasteiger partial charge is 0.348 e. The van der Waals surface area contributed by atoms with Gasteiger partial charge in [-0.25, -0.2) is 4.98 Å². The first-order valence-electron chi connectivity index (χ1n) is 6.70. The zero-order valence-electron chi connectivity index (χ0n) is 10.1. The summed E-state index contributed by atoms with van der Waals surface area (Å²) >= 11 is 0. The van der Waals surface area contributed by atoms with Gasteiger partial charge in [0.05, 0.1) is 0 Å². The molecule has 17 heavy (non-hydrogen) atoms. The van der Waals surface area contributed by atoms with E-state index in [-0.39, 0.29) is 5.91 Å². The predicted molar refractivity (Wildman–Crippen MR) is 64.9 cm³/mol. The van der Waals surface area contributed by atoms with Crippen molar-refractivity contribution in [2.45, 2.75) is 57.5 Å². The van der Waals surface area contributed by atoms with Crippen molar-refractivity contribution in [1.29, 1.82) is 0 Å². The molecule has 1 saturated carbocycles. The maximum absolute atomic E-state index is 12.0. The number of carbonyl (C=O) groups excluding carboxylic acids is 1. The van der Waals surface area contributed by atoms with Gasteiger partial charge in [-0.05, 0) is 25.7 Å². The molecular weight excluding hydrogens is 214 g/mol. The van der Waals surface area contributed by atoms with Gasteiger partial charge in [0.2, 0.25) is 0 Å². The number of amides is 1. The van der Waals surface area contributed by atoms with Crippen molar-refractivity contribution >= 4 is 5.91 Å². The fourth-order valence-electron chi connectivity index (χ4n) is 2.85. The molecule has 3 rings (SSSR count). The van der Waals surface area contributed by atoms with Crippen LogP contribution in [-0.4, -0.2) is 21.5 Å². The van der Waals surface area contributed by atoms with Crippen molar-refractivity contribution < 1.29 is 4.79 Å². The van der Waals surface area contributed by atoms with E-state index >= 15 is 0 Å². The van der Waals surface area contributed by atoms with Gasteiger partial charge in [0.15, 0.2) is 0 Å². The third-order valence-corrected chi connectivity index (χ3v) is 3.83. The summed E-state index contributed by atoms with van der Waals surface area (Å²) in [4.78, 5) is 16.5. The minimum Gasteiger partial charge on any atom is -0.348 e. The Hall–Kier alpha value is -1.32. The second-order valence-electron chi connectivity index (χ2n) is 5.15. The van der Waals surface area contributed by atoms with Crippen LogP contribution in [0.15, 0.2) is 6.20 Å². The summed E-state index contributed by atoms with van der Waals surface area (Å²) in [5.41, 5.74) is 0.605. The molecule has 4 heteroatoms. The van der Waals surface area contributed by atoms with E-state index in [1.807, 2.05) is 6.20 Å². The molecule has 1 N–H and O–H groups in total. The van der Waals surface area contributed by atoms with E-state index in [0.29, 0.717) is 11.7 Å². The van der Waals surface area contributed by atoms with E-state index in [4.69, 9.17) is 0 Å². The van der Waals surface area contributed by atoms with Crippen molar-refractivity contribution in [3.8, 4) is 0 Å². The summed E-state index contributed by atoms with van der Waals surface area (Å²) in [6, 6.07) is 0.376. The normalized spacial score (nSPS) is 20.2. The Kier molecular flexibility index (Phi) is 2.87. The first kappa shape index (κ1) is 10.8. The summed E-state index contributed by atoms with van der Waals surface area (Å²) in [5, 5.41) is 3.09. The molecule has 1 fully saturated rings. The average Bonchev–Trinajstić information content (AvgIpc) is 2.96. The first-order chi connectivity index (χ1) is 8.33. The Morgan fingerprint density at radius 3 is 2.88 bits per heavy atom. The number of nitrogens with zero attached hydrogens (tertiary/aromatic N) is 2. The Morgan fingerprint density at radius 2 is 2.12 bits per heavy atom. The van der Waals surface area contributed by atoms with Crippen LogP contribution < -0.4 is 5.32 Å². The van der Waals surface area contributed by atoms with Gasteiger partial charge in [0.1, 0.15) is 11.5 Å². The smallest absolute Gasteiger partial charge is 0.271 e. The maximum atomic E-state index is 12.0. The molecule has 1 aliphatic heterocycles. The number of carbonyl (C=O) groups is 1. The van der Waals surface area contributed by atoms with Gasteiger partial charge in [-0.2, -0.15) is 0 Å². The second kappa shape index (κ2) is 4.51.